The molecular weight excluding hydrogens is 258 g/mol. The number of thiophene rings is 1. The van der Waals surface area contributed by atoms with Gasteiger partial charge in [-0.3, -0.25) is 0 Å². The summed E-state index contributed by atoms with van der Waals surface area (Å²) in [6.45, 7) is 0.596. The smallest absolute Gasteiger partial charge is 0.337 e. The highest BCUT2D eigenvalue weighted by Crippen LogP contribution is 2.22. The zero-order chi connectivity index (χ0) is 12.3. The van der Waals surface area contributed by atoms with Crippen LogP contribution in [0.4, 0.5) is 5.69 Å². The third-order valence-corrected chi connectivity index (χ3v) is 3.36. The minimum Gasteiger partial charge on any atom is -0.478 e. The highest BCUT2D eigenvalue weighted by Gasteiger charge is 2.10. The van der Waals surface area contributed by atoms with Crippen LogP contribution in [0.1, 0.15) is 15.2 Å². The zero-order valence-electron chi connectivity index (χ0n) is 8.81. The second-order valence-electron chi connectivity index (χ2n) is 3.43. The molecule has 3 nitrogen and oxygen atoms in total. The summed E-state index contributed by atoms with van der Waals surface area (Å²) in [6, 6.07) is 8.64. The summed E-state index contributed by atoms with van der Waals surface area (Å²) in [6.07, 6.45) is 0. The molecule has 88 valence electrons. The third kappa shape index (κ3) is 2.99. The Morgan fingerprint density at radius 3 is 2.88 bits per heavy atom. The summed E-state index contributed by atoms with van der Waals surface area (Å²) in [5.74, 6) is -0.963. The number of benzene rings is 1. The van der Waals surface area contributed by atoms with E-state index in [1.165, 1.54) is 6.07 Å². The number of carboxylic acid groups (broad SMARTS) is 1. The highest BCUT2D eigenvalue weighted by atomic mass is 35.5. The van der Waals surface area contributed by atoms with Gasteiger partial charge in [0.15, 0.2) is 0 Å². The Hall–Kier alpha value is -1.52. The summed E-state index contributed by atoms with van der Waals surface area (Å²) in [7, 11) is 0. The number of nitrogens with one attached hydrogen (secondary N) is 1. The van der Waals surface area contributed by atoms with Crippen molar-refractivity contribution in [3.05, 3.63) is 51.2 Å². The Bertz CT molecular complexity index is 525. The predicted molar refractivity (Wildman–Crippen MR) is 70.1 cm³/mol. The molecule has 0 saturated carbocycles. The van der Waals surface area contributed by atoms with E-state index in [0.29, 0.717) is 17.3 Å². The third-order valence-electron chi connectivity index (χ3n) is 2.25. The van der Waals surface area contributed by atoms with Crippen LogP contribution < -0.4 is 5.32 Å². The fraction of sp³-hybridized carbons (Fsp3) is 0.0833. The van der Waals surface area contributed by atoms with E-state index in [1.54, 1.807) is 23.5 Å². The van der Waals surface area contributed by atoms with Crippen LogP contribution in [0.2, 0.25) is 5.02 Å². The van der Waals surface area contributed by atoms with Crippen molar-refractivity contribution in [2.24, 2.45) is 0 Å². The lowest BCUT2D eigenvalue weighted by atomic mass is 10.2. The topological polar surface area (TPSA) is 49.3 Å². The molecule has 2 rings (SSSR count). The van der Waals surface area contributed by atoms with E-state index in [2.05, 4.69) is 5.32 Å². The van der Waals surface area contributed by atoms with Gasteiger partial charge < -0.3 is 10.4 Å². The Morgan fingerprint density at radius 2 is 2.24 bits per heavy atom. The molecule has 0 atom stereocenters. The van der Waals surface area contributed by atoms with Gasteiger partial charge in [0.2, 0.25) is 0 Å². The molecule has 0 radical (unpaired) electrons. The van der Waals surface area contributed by atoms with Crippen LogP contribution in [0.25, 0.3) is 0 Å². The van der Waals surface area contributed by atoms with Crippen LogP contribution in [-0.2, 0) is 6.54 Å². The van der Waals surface area contributed by atoms with Gasteiger partial charge in [0.1, 0.15) is 0 Å². The molecule has 0 fully saturated rings. The molecule has 0 bridgehead atoms. The van der Waals surface area contributed by atoms with Crippen molar-refractivity contribution < 1.29 is 9.90 Å². The van der Waals surface area contributed by atoms with Crippen molar-refractivity contribution in [3.63, 3.8) is 0 Å². The lowest BCUT2D eigenvalue weighted by Crippen LogP contribution is -2.05. The number of anilines is 1. The van der Waals surface area contributed by atoms with Crippen LogP contribution in [0.3, 0.4) is 0 Å². The molecule has 2 N–H and O–H groups in total. The molecule has 0 unspecified atom stereocenters. The van der Waals surface area contributed by atoms with Gasteiger partial charge >= 0.3 is 5.97 Å². The molecule has 0 aliphatic carbocycles. The van der Waals surface area contributed by atoms with Gasteiger partial charge in [-0.25, -0.2) is 4.79 Å². The van der Waals surface area contributed by atoms with E-state index in [0.717, 1.165) is 4.88 Å². The average molecular weight is 268 g/mol. The van der Waals surface area contributed by atoms with Gasteiger partial charge in [0, 0.05) is 16.4 Å². The van der Waals surface area contributed by atoms with Gasteiger partial charge in [-0.15, -0.1) is 11.3 Å². The molecule has 0 aliphatic heterocycles. The van der Waals surface area contributed by atoms with E-state index in [1.807, 2.05) is 17.5 Å². The maximum atomic E-state index is 11.0. The lowest BCUT2D eigenvalue weighted by Gasteiger charge is -2.08. The molecule has 5 heteroatoms. The second kappa shape index (κ2) is 5.21. The Morgan fingerprint density at radius 1 is 1.41 bits per heavy atom. The van der Waals surface area contributed by atoms with E-state index < -0.39 is 5.97 Å². The van der Waals surface area contributed by atoms with Crippen molar-refractivity contribution in [1.82, 2.24) is 0 Å². The quantitative estimate of drug-likeness (QED) is 0.888. The van der Waals surface area contributed by atoms with Crippen molar-refractivity contribution in [3.8, 4) is 0 Å². The number of aromatic carboxylic acids is 1. The highest BCUT2D eigenvalue weighted by molar-refractivity contribution is 7.09. The number of rotatable bonds is 4. The van der Waals surface area contributed by atoms with Crippen molar-refractivity contribution >= 4 is 34.6 Å². The van der Waals surface area contributed by atoms with Crippen molar-refractivity contribution in [2.75, 3.05) is 5.32 Å². The van der Waals surface area contributed by atoms with Crippen LogP contribution in [0.5, 0.6) is 0 Å². The zero-order valence-corrected chi connectivity index (χ0v) is 10.4. The van der Waals surface area contributed by atoms with Crippen molar-refractivity contribution in [1.29, 1.82) is 0 Å². The first-order chi connectivity index (χ1) is 8.16. The average Bonchev–Trinajstić information content (AvgIpc) is 2.78. The van der Waals surface area contributed by atoms with Crippen LogP contribution in [0, 0.1) is 0 Å². The monoisotopic (exact) mass is 267 g/mol. The van der Waals surface area contributed by atoms with Crippen LogP contribution >= 0.6 is 22.9 Å². The first-order valence-corrected chi connectivity index (χ1v) is 6.21. The largest absolute Gasteiger partial charge is 0.478 e. The SMILES string of the molecule is O=C(O)c1ccc(Cl)cc1NCc1cccs1. The van der Waals surface area contributed by atoms with E-state index >= 15 is 0 Å². The standard InChI is InChI=1S/C12H10ClNO2S/c13-8-3-4-10(12(15)16)11(6-8)14-7-9-2-1-5-17-9/h1-6,14H,7H2,(H,15,16). The lowest BCUT2D eigenvalue weighted by molar-refractivity contribution is 0.0698. The fourth-order valence-corrected chi connectivity index (χ4v) is 2.26. The summed E-state index contributed by atoms with van der Waals surface area (Å²) >= 11 is 7.47. The normalized spacial score (nSPS) is 10.2. The minimum atomic E-state index is -0.963. The molecule has 1 heterocycles. The summed E-state index contributed by atoms with van der Waals surface area (Å²) < 4.78 is 0. The van der Waals surface area contributed by atoms with Crippen LogP contribution in [0.15, 0.2) is 35.7 Å². The van der Waals surface area contributed by atoms with E-state index in [-0.39, 0.29) is 5.56 Å². The Balaban J connectivity index is 2.19. The molecule has 2 aromatic rings. The molecule has 1 aromatic heterocycles. The Labute approximate surface area is 108 Å². The van der Waals surface area contributed by atoms with Gasteiger partial charge in [-0.05, 0) is 29.6 Å². The molecular formula is C12H10ClNO2S. The van der Waals surface area contributed by atoms with Crippen molar-refractivity contribution in [2.45, 2.75) is 6.54 Å². The molecule has 17 heavy (non-hydrogen) atoms. The van der Waals surface area contributed by atoms with Crippen LogP contribution in [-0.4, -0.2) is 11.1 Å². The molecule has 0 aliphatic rings. The van der Waals surface area contributed by atoms with E-state index in [9.17, 15) is 4.79 Å². The Kier molecular flexibility index (Phi) is 3.66. The molecule has 1 aromatic carbocycles. The predicted octanol–water partition coefficient (Wildman–Crippen LogP) is 3.71. The maximum absolute atomic E-state index is 11.0. The number of carboxylic acids is 1. The number of halogens is 1. The summed E-state index contributed by atoms with van der Waals surface area (Å²) in [5, 5.41) is 14.6. The van der Waals surface area contributed by atoms with Gasteiger partial charge in [-0.2, -0.15) is 0 Å². The second-order valence-corrected chi connectivity index (χ2v) is 4.90. The number of carbonyl (C=O) groups is 1. The summed E-state index contributed by atoms with van der Waals surface area (Å²) in [5.41, 5.74) is 0.768. The van der Waals surface area contributed by atoms with Gasteiger partial charge in [-0.1, -0.05) is 17.7 Å². The van der Waals surface area contributed by atoms with Gasteiger partial charge in [0.05, 0.1) is 11.3 Å². The first-order valence-electron chi connectivity index (χ1n) is 4.96. The maximum Gasteiger partial charge on any atom is 0.337 e. The first kappa shape index (κ1) is 12.0. The molecule has 0 spiro atoms. The molecule has 0 saturated heterocycles. The number of hydrogen-bond acceptors (Lipinski definition) is 3. The molecule has 0 amide bonds. The fourth-order valence-electron chi connectivity index (χ4n) is 1.44. The van der Waals surface area contributed by atoms with E-state index in [4.69, 9.17) is 16.7 Å². The number of hydrogen-bond donors (Lipinski definition) is 2. The summed E-state index contributed by atoms with van der Waals surface area (Å²) in [4.78, 5) is 12.2. The minimum absolute atomic E-state index is 0.228. The van der Waals surface area contributed by atoms with Gasteiger partial charge in [0.25, 0.3) is 0 Å².